The predicted octanol–water partition coefficient (Wildman–Crippen LogP) is 2.88. The maximum atomic E-state index is 12.0. The summed E-state index contributed by atoms with van der Waals surface area (Å²) in [6.07, 6.45) is -3.60. The van der Waals surface area contributed by atoms with Gasteiger partial charge in [-0.1, -0.05) is 0 Å². The minimum atomic E-state index is -4.69. The van der Waals surface area contributed by atoms with Crippen molar-refractivity contribution in [2.45, 2.75) is 12.8 Å². The summed E-state index contributed by atoms with van der Waals surface area (Å²) in [5, 5.41) is 2.84. The van der Waals surface area contributed by atoms with Crippen LogP contribution in [0.3, 0.4) is 0 Å². The van der Waals surface area contributed by atoms with Crippen LogP contribution in [0, 0.1) is 5.92 Å². The van der Waals surface area contributed by atoms with Crippen molar-refractivity contribution in [2.75, 3.05) is 32.0 Å². The molecule has 1 unspecified atom stereocenters. The molecule has 130 valence electrons. The van der Waals surface area contributed by atoms with Crippen molar-refractivity contribution < 1.29 is 17.9 Å². The zero-order valence-corrected chi connectivity index (χ0v) is 15.0. The van der Waals surface area contributed by atoms with E-state index in [0.29, 0.717) is 18.2 Å². The monoisotopic (exact) mass is 444 g/mol. The lowest BCUT2D eigenvalue weighted by molar-refractivity contribution is -0.274. The molecule has 1 fully saturated rings. The second-order valence-electron chi connectivity index (χ2n) is 5.34. The second kappa shape index (κ2) is 8.57. The van der Waals surface area contributed by atoms with Crippen LogP contribution in [0.1, 0.15) is 6.42 Å². The van der Waals surface area contributed by atoms with Crippen LogP contribution in [0.5, 0.6) is 5.75 Å². The highest BCUT2D eigenvalue weighted by atomic mass is 127. The number of aliphatic imine (C=N–C) groups is 1. The van der Waals surface area contributed by atoms with Crippen LogP contribution in [-0.4, -0.2) is 43.9 Å². The summed E-state index contributed by atoms with van der Waals surface area (Å²) in [6.45, 7) is 2.70. The van der Waals surface area contributed by atoms with Gasteiger partial charge in [-0.3, -0.25) is 4.99 Å². The first-order valence-corrected chi connectivity index (χ1v) is 6.93. The molecule has 0 spiro atoms. The number of benzene rings is 1. The molecule has 0 saturated carbocycles. The van der Waals surface area contributed by atoms with Crippen molar-refractivity contribution in [3.63, 3.8) is 0 Å². The number of ether oxygens (including phenoxy) is 1. The van der Waals surface area contributed by atoms with Crippen LogP contribution in [0.4, 0.5) is 18.9 Å². The molecule has 1 aromatic carbocycles. The molecule has 1 aliphatic heterocycles. The molecule has 3 N–H and O–H groups in total. The van der Waals surface area contributed by atoms with Crippen molar-refractivity contribution in [1.82, 2.24) is 4.90 Å². The topological polar surface area (TPSA) is 62.9 Å². The van der Waals surface area contributed by atoms with Gasteiger partial charge in [0.15, 0.2) is 5.96 Å². The largest absolute Gasteiger partial charge is 0.573 e. The summed E-state index contributed by atoms with van der Waals surface area (Å²) in [7, 11) is 2.07. The maximum absolute atomic E-state index is 12.0. The van der Waals surface area contributed by atoms with E-state index in [4.69, 9.17) is 5.73 Å². The molecule has 0 amide bonds. The summed E-state index contributed by atoms with van der Waals surface area (Å²) in [5.41, 5.74) is 6.33. The summed E-state index contributed by atoms with van der Waals surface area (Å²) < 4.78 is 39.9. The summed E-state index contributed by atoms with van der Waals surface area (Å²) in [6, 6.07) is 5.34. The number of hydrogen-bond acceptors (Lipinski definition) is 3. The molecule has 5 nitrogen and oxygen atoms in total. The van der Waals surface area contributed by atoms with Crippen molar-refractivity contribution in [3.05, 3.63) is 24.3 Å². The molecule has 9 heteroatoms. The number of halogens is 4. The average molecular weight is 444 g/mol. The quantitative estimate of drug-likeness (QED) is 0.426. The molecular weight excluding hydrogens is 424 g/mol. The summed E-state index contributed by atoms with van der Waals surface area (Å²) in [4.78, 5) is 6.50. The fourth-order valence-corrected chi connectivity index (χ4v) is 2.33. The predicted molar refractivity (Wildman–Crippen MR) is 94.3 cm³/mol. The SMILES string of the molecule is CN1CCC(CN=C(N)Nc2ccc(OC(F)(F)F)cc2)C1.I. The number of rotatable bonds is 4. The normalized spacial score (nSPS) is 19.3. The lowest BCUT2D eigenvalue weighted by Crippen LogP contribution is -2.24. The Bertz CT molecular complexity index is 522. The standard InChI is InChI=1S/C14H19F3N4O.HI/c1-21-7-6-10(9-21)8-19-13(18)20-11-2-4-12(5-3-11)22-14(15,16)17;/h2-5,10H,6-9H2,1H3,(H3,18,19,20);1H. The average Bonchev–Trinajstić information content (AvgIpc) is 2.83. The number of likely N-dealkylation sites (tertiary alicyclic amines) is 1. The maximum Gasteiger partial charge on any atom is 0.573 e. The Balaban J connectivity index is 0.00000264. The molecule has 0 bridgehead atoms. The highest BCUT2D eigenvalue weighted by Gasteiger charge is 2.30. The van der Waals surface area contributed by atoms with E-state index >= 15 is 0 Å². The molecule has 1 atom stereocenters. The highest BCUT2D eigenvalue weighted by Crippen LogP contribution is 2.23. The molecule has 0 radical (unpaired) electrons. The van der Waals surface area contributed by atoms with Crippen LogP contribution in [0.25, 0.3) is 0 Å². The Labute approximate surface area is 150 Å². The van der Waals surface area contributed by atoms with Crippen LogP contribution >= 0.6 is 24.0 Å². The van der Waals surface area contributed by atoms with Gasteiger partial charge in [0.1, 0.15) is 5.75 Å². The number of nitrogens with zero attached hydrogens (tertiary/aromatic N) is 2. The molecule has 0 aromatic heterocycles. The van der Waals surface area contributed by atoms with Gasteiger partial charge in [-0.05, 0) is 50.2 Å². The third-order valence-electron chi connectivity index (χ3n) is 3.37. The Kier molecular flexibility index (Phi) is 7.39. The molecule has 23 heavy (non-hydrogen) atoms. The number of hydrogen-bond donors (Lipinski definition) is 2. The Morgan fingerprint density at radius 2 is 2.04 bits per heavy atom. The number of guanidine groups is 1. The van der Waals surface area contributed by atoms with E-state index in [2.05, 4.69) is 27.0 Å². The van der Waals surface area contributed by atoms with Crippen molar-refractivity contribution in [2.24, 2.45) is 16.6 Å². The van der Waals surface area contributed by atoms with Gasteiger partial charge >= 0.3 is 6.36 Å². The van der Waals surface area contributed by atoms with Gasteiger partial charge in [0, 0.05) is 18.8 Å². The van der Waals surface area contributed by atoms with Gasteiger partial charge in [0.05, 0.1) is 0 Å². The Morgan fingerprint density at radius 1 is 1.39 bits per heavy atom. The van der Waals surface area contributed by atoms with E-state index in [1.165, 1.54) is 24.3 Å². The minimum Gasteiger partial charge on any atom is -0.406 e. The van der Waals surface area contributed by atoms with Gasteiger partial charge in [-0.25, -0.2) is 0 Å². The van der Waals surface area contributed by atoms with E-state index in [1.54, 1.807) is 0 Å². The molecule has 1 aliphatic rings. The van der Waals surface area contributed by atoms with Crippen LogP contribution in [-0.2, 0) is 0 Å². The Morgan fingerprint density at radius 3 is 2.57 bits per heavy atom. The number of nitrogens with two attached hydrogens (primary N) is 1. The highest BCUT2D eigenvalue weighted by molar-refractivity contribution is 14.0. The first kappa shape index (κ1) is 19.8. The second-order valence-corrected chi connectivity index (χ2v) is 5.34. The molecule has 1 saturated heterocycles. The summed E-state index contributed by atoms with van der Waals surface area (Å²) >= 11 is 0. The van der Waals surface area contributed by atoms with Crippen molar-refractivity contribution in [3.8, 4) is 5.75 Å². The van der Waals surface area contributed by atoms with Crippen molar-refractivity contribution in [1.29, 1.82) is 0 Å². The van der Waals surface area contributed by atoms with Crippen LogP contribution in [0.2, 0.25) is 0 Å². The zero-order valence-electron chi connectivity index (χ0n) is 12.6. The molecule has 0 aliphatic carbocycles. The molecule has 1 aromatic rings. The van der Waals surface area contributed by atoms with Gasteiger partial charge in [0.2, 0.25) is 0 Å². The minimum absolute atomic E-state index is 0. The molecule has 1 heterocycles. The third-order valence-corrected chi connectivity index (χ3v) is 3.37. The number of nitrogens with one attached hydrogen (secondary N) is 1. The van der Waals surface area contributed by atoms with Crippen LogP contribution < -0.4 is 15.8 Å². The molecule has 2 rings (SSSR count). The first-order chi connectivity index (χ1) is 10.3. The smallest absolute Gasteiger partial charge is 0.406 e. The molecular formula is C14H20F3IN4O. The van der Waals surface area contributed by atoms with E-state index in [-0.39, 0.29) is 35.7 Å². The van der Waals surface area contributed by atoms with Gasteiger partial charge < -0.3 is 20.7 Å². The van der Waals surface area contributed by atoms with Gasteiger partial charge in [-0.15, -0.1) is 37.1 Å². The first-order valence-electron chi connectivity index (χ1n) is 6.93. The van der Waals surface area contributed by atoms with Crippen LogP contribution in [0.15, 0.2) is 29.3 Å². The van der Waals surface area contributed by atoms with E-state index < -0.39 is 6.36 Å². The van der Waals surface area contributed by atoms with Crippen molar-refractivity contribution >= 4 is 35.6 Å². The van der Waals surface area contributed by atoms with Gasteiger partial charge in [-0.2, -0.15) is 0 Å². The fourth-order valence-electron chi connectivity index (χ4n) is 2.33. The summed E-state index contributed by atoms with van der Waals surface area (Å²) in [5.74, 6) is 0.467. The zero-order chi connectivity index (χ0) is 16.2. The van der Waals surface area contributed by atoms with E-state index in [0.717, 1.165) is 19.5 Å². The lowest BCUT2D eigenvalue weighted by Gasteiger charge is -2.11. The van der Waals surface area contributed by atoms with Gasteiger partial charge in [0.25, 0.3) is 0 Å². The van der Waals surface area contributed by atoms with E-state index in [1.807, 2.05) is 0 Å². The Hall–Kier alpha value is -1.23. The third kappa shape index (κ3) is 7.25. The number of alkyl halides is 3. The van der Waals surface area contributed by atoms with E-state index in [9.17, 15) is 13.2 Å². The number of anilines is 1. The fraction of sp³-hybridized carbons (Fsp3) is 0.500. The lowest BCUT2D eigenvalue weighted by atomic mass is 10.1.